The van der Waals surface area contributed by atoms with Crippen molar-refractivity contribution >= 4 is 11.9 Å². The summed E-state index contributed by atoms with van der Waals surface area (Å²) >= 11 is 0. The Bertz CT molecular complexity index is 1220. The van der Waals surface area contributed by atoms with Crippen LogP contribution in [0.2, 0.25) is 0 Å². The van der Waals surface area contributed by atoms with E-state index in [-0.39, 0.29) is 25.2 Å². The topological polar surface area (TPSA) is 61.8 Å². The SMILES string of the molecule is CC/C=C\C/C=C\C/C=C\C/C=C\C/C=C\CCCCCC(=O)OCC(COCCCC/C=C\C/C=C\C/C=C\C/C=C\C/C=C\CC)OC(=O)CCCCCCC. The molecule has 0 fully saturated rings. The van der Waals surface area contributed by atoms with E-state index in [0.29, 0.717) is 19.4 Å². The third-order valence-electron chi connectivity index (χ3n) is 8.99. The van der Waals surface area contributed by atoms with Crippen molar-refractivity contribution in [3.63, 3.8) is 0 Å². The summed E-state index contributed by atoms with van der Waals surface area (Å²) in [6, 6.07) is 0. The van der Waals surface area contributed by atoms with Crippen LogP contribution in [0.4, 0.5) is 0 Å². The number of allylic oxidation sites excluding steroid dienone is 20. The standard InChI is InChI=1S/C53H84O5/c1-4-7-10-13-15-17-19-21-23-25-27-28-30-32-34-36-38-41-43-46-52(54)57-50-51(58-53(55)47-44-40-12-9-6-3)49-56-48-45-42-39-37-35-33-31-29-26-24-22-20-18-16-14-11-8-5-2/h7-8,10-11,15-18,21-24,27-29,31-32,34-35,37,51H,4-6,9,12-14,19-20,25-26,30,33,36,38-50H2,1-3H3/b10-7-,11-8-,17-15-,18-16-,23-21-,24-22-,28-27-,31-29-,34-32-,37-35-. The quantitative estimate of drug-likeness (QED) is 0.0351. The predicted octanol–water partition coefficient (Wildman–Crippen LogP) is 15.4. The molecule has 0 aromatic carbocycles. The highest BCUT2D eigenvalue weighted by Crippen LogP contribution is 2.10. The van der Waals surface area contributed by atoms with E-state index >= 15 is 0 Å². The summed E-state index contributed by atoms with van der Waals surface area (Å²) in [5.74, 6) is -0.484. The van der Waals surface area contributed by atoms with Crippen molar-refractivity contribution in [2.24, 2.45) is 0 Å². The fourth-order valence-corrected chi connectivity index (χ4v) is 5.62. The summed E-state index contributed by atoms with van der Waals surface area (Å²) in [6.45, 7) is 7.36. The second kappa shape index (κ2) is 47.7. The van der Waals surface area contributed by atoms with Gasteiger partial charge in [-0.2, -0.15) is 0 Å². The second-order valence-electron chi connectivity index (χ2n) is 14.5. The first-order valence-electron chi connectivity index (χ1n) is 23.1. The van der Waals surface area contributed by atoms with Crippen LogP contribution in [-0.2, 0) is 23.8 Å². The molecule has 58 heavy (non-hydrogen) atoms. The fraction of sp³-hybridized carbons (Fsp3) is 0.585. The van der Waals surface area contributed by atoms with Gasteiger partial charge in [0.2, 0.25) is 0 Å². The third-order valence-corrected chi connectivity index (χ3v) is 8.99. The Morgan fingerprint density at radius 1 is 0.397 bits per heavy atom. The maximum absolute atomic E-state index is 12.5. The molecule has 0 N–H and O–H groups in total. The largest absolute Gasteiger partial charge is 0.462 e. The highest BCUT2D eigenvalue weighted by atomic mass is 16.6. The van der Waals surface area contributed by atoms with Crippen molar-refractivity contribution in [2.75, 3.05) is 19.8 Å². The van der Waals surface area contributed by atoms with Crippen molar-refractivity contribution < 1.29 is 23.8 Å². The van der Waals surface area contributed by atoms with Crippen LogP contribution in [0.1, 0.15) is 175 Å². The average molecular weight is 801 g/mol. The molecule has 0 aliphatic carbocycles. The van der Waals surface area contributed by atoms with E-state index in [1.54, 1.807) is 0 Å². The smallest absolute Gasteiger partial charge is 0.306 e. The van der Waals surface area contributed by atoms with Gasteiger partial charge in [0, 0.05) is 19.4 Å². The molecule has 0 rings (SSSR count). The molecule has 0 radical (unpaired) electrons. The molecular weight excluding hydrogens is 717 g/mol. The maximum atomic E-state index is 12.5. The van der Waals surface area contributed by atoms with Crippen molar-refractivity contribution in [1.82, 2.24) is 0 Å². The number of carbonyl (C=O) groups excluding carboxylic acids is 2. The molecule has 0 saturated heterocycles. The summed E-state index contributed by atoms with van der Waals surface area (Å²) in [4.78, 5) is 25.0. The molecule has 0 saturated carbocycles. The molecule has 0 bridgehead atoms. The molecule has 1 atom stereocenters. The van der Waals surface area contributed by atoms with Gasteiger partial charge in [-0.25, -0.2) is 0 Å². The number of unbranched alkanes of at least 4 members (excludes halogenated alkanes) is 9. The van der Waals surface area contributed by atoms with Crippen LogP contribution in [0, 0.1) is 0 Å². The van der Waals surface area contributed by atoms with E-state index in [0.717, 1.165) is 128 Å². The number of esters is 2. The van der Waals surface area contributed by atoms with Gasteiger partial charge in [-0.05, 0) is 109 Å². The number of hydrogen-bond donors (Lipinski definition) is 0. The van der Waals surface area contributed by atoms with Gasteiger partial charge >= 0.3 is 11.9 Å². The first-order valence-corrected chi connectivity index (χ1v) is 23.1. The van der Waals surface area contributed by atoms with E-state index in [2.05, 4.69) is 142 Å². The Kier molecular flexibility index (Phi) is 44.6. The van der Waals surface area contributed by atoms with Crippen LogP contribution in [0.5, 0.6) is 0 Å². The molecule has 326 valence electrons. The lowest BCUT2D eigenvalue weighted by atomic mass is 10.1. The van der Waals surface area contributed by atoms with E-state index < -0.39 is 6.10 Å². The summed E-state index contributed by atoms with van der Waals surface area (Å²) in [6.07, 6.45) is 66.6. The molecule has 5 nitrogen and oxygen atoms in total. The molecule has 0 spiro atoms. The highest BCUT2D eigenvalue weighted by Gasteiger charge is 2.17. The Balaban J connectivity index is 4.23. The summed E-state index contributed by atoms with van der Waals surface area (Å²) in [5.41, 5.74) is 0. The van der Waals surface area contributed by atoms with Crippen LogP contribution >= 0.6 is 0 Å². The lowest BCUT2D eigenvalue weighted by molar-refractivity contribution is -0.163. The fourth-order valence-electron chi connectivity index (χ4n) is 5.62. The van der Waals surface area contributed by atoms with Gasteiger partial charge in [0.05, 0.1) is 6.61 Å². The number of carbonyl (C=O) groups is 2. The van der Waals surface area contributed by atoms with Crippen LogP contribution in [-0.4, -0.2) is 37.9 Å². The zero-order valence-corrected chi connectivity index (χ0v) is 37.3. The molecule has 0 aliphatic rings. The van der Waals surface area contributed by atoms with E-state index in [4.69, 9.17) is 14.2 Å². The van der Waals surface area contributed by atoms with Gasteiger partial charge in [0.1, 0.15) is 6.61 Å². The molecule has 0 amide bonds. The van der Waals surface area contributed by atoms with Gasteiger partial charge in [0.15, 0.2) is 6.10 Å². The minimum Gasteiger partial charge on any atom is -0.462 e. The first-order chi connectivity index (χ1) is 28.6. The first kappa shape index (κ1) is 54.3. The Labute approximate surface area is 356 Å². The molecule has 1 unspecified atom stereocenters. The highest BCUT2D eigenvalue weighted by molar-refractivity contribution is 5.70. The molecule has 5 heteroatoms. The minimum atomic E-state index is -0.576. The van der Waals surface area contributed by atoms with Crippen LogP contribution in [0.3, 0.4) is 0 Å². The second-order valence-corrected chi connectivity index (χ2v) is 14.5. The van der Waals surface area contributed by atoms with E-state index in [9.17, 15) is 9.59 Å². The Hall–Kier alpha value is -3.70. The van der Waals surface area contributed by atoms with E-state index in [1.165, 1.54) is 12.8 Å². The predicted molar refractivity (Wildman–Crippen MR) is 251 cm³/mol. The molecule has 0 aromatic rings. The lowest BCUT2D eigenvalue weighted by Gasteiger charge is -2.18. The van der Waals surface area contributed by atoms with Crippen molar-refractivity contribution in [3.8, 4) is 0 Å². The Morgan fingerprint density at radius 3 is 1.22 bits per heavy atom. The van der Waals surface area contributed by atoms with Crippen LogP contribution in [0.25, 0.3) is 0 Å². The Morgan fingerprint density at radius 2 is 0.776 bits per heavy atom. The van der Waals surface area contributed by atoms with Gasteiger partial charge in [0.25, 0.3) is 0 Å². The summed E-state index contributed by atoms with van der Waals surface area (Å²) in [5, 5.41) is 0. The number of hydrogen-bond acceptors (Lipinski definition) is 5. The van der Waals surface area contributed by atoms with Gasteiger partial charge in [-0.3, -0.25) is 9.59 Å². The van der Waals surface area contributed by atoms with Crippen LogP contribution in [0.15, 0.2) is 122 Å². The maximum Gasteiger partial charge on any atom is 0.306 e. The number of ether oxygens (including phenoxy) is 3. The molecule has 0 heterocycles. The van der Waals surface area contributed by atoms with Gasteiger partial charge < -0.3 is 14.2 Å². The molecule has 0 aliphatic heterocycles. The lowest BCUT2D eigenvalue weighted by Crippen LogP contribution is -2.30. The third kappa shape index (κ3) is 45.0. The molecule has 0 aromatic heterocycles. The van der Waals surface area contributed by atoms with Gasteiger partial charge in [-0.1, -0.05) is 174 Å². The van der Waals surface area contributed by atoms with E-state index in [1.807, 2.05) is 0 Å². The molecular formula is C53H84O5. The number of rotatable bonds is 40. The van der Waals surface area contributed by atoms with Crippen LogP contribution < -0.4 is 0 Å². The van der Waals surface area contributed by atoms with Crippen molar-refractivity contribution in [3.05, 3.63) is 122 Å². The minimum absolute atomic E-state index is 0.0421. The normalized spacial score (nSPS) is 13.4. The summed E-state index contributed by atoms with van der Waals surface area (Å²) in [7, 11) is 0. The van der Waals surface area contributed by atoms with Crippen molar-refractivity contribution in [1.29, 1.82) is 0 Å². The zero-order chi connectivity index (χ0) is 42.1. The summed E-state index contributed by atoms with van der Waals surface area (Å²) < 4.78 is 17.1. The average Bonchev–Trinajstić information content (AvgIpc) is 3.22. The van der Waals surface area contributed by atoms with Gasteiger partial charge in [-0.15, -0.1) is 0 Å². The monoisotopic (exact) mass is 801 g/mol. The van der Waals surface area contributed by atoms with Crippen molar-refractivity contribution in [2.45, 2.75) is 181 Å². The zero-order valence-electron chi connectivity index (χ0n) is 37.3.